The van der Waals surface area contributed by atoms with Crippen molar-refractivity contribution in [2.75, 3.05) is 14.1 Å². The highest BCUT2D eigenvalue weighted by Crippen LogP contribution is 2.35. The first-order valence-corrected chi connectivity index (χ1v) is 8.33. The van der Waals surface area contributed by atoms with Crippen LogP contribution in [-0.4, -0.2) is 31.0 Å². The van der Waals surface area contributed by atoms with E-state index in [1.165, 1.54) is 11.6 Å². The van der Waals surface area contributed by atoms with Gasteiger partial charge in [-0.05, 0) is 49.7 Å². The van der Waals surface area contributed by atoms with Gasteiger partial charge in [-0.15, -0.1) is 0 Å². The van der Waals surface area contributed by atoms with E-state index in [0.29, 0.717) is 0 Å². The lowest BCUT2D eigenvalue weighted by Gasteiger charge is -2.36. The van der Waals surface area contributed by atoms with Crippen LogP contribution < -0.4 is 0 Å². The Hall–Kier alpha value is -2.39. The van der Waals surface area contributed by atoms with Crippen molar-refractivity contribution in [2.24, 2.45) is 0 Å². The quantitative estimate of drug-likeness (QED) is 0.632. The summed E-state index contributed by atoms with van der Waals surface area (Å²) >= 11 is 0. The third-order valence-corrected chi connectivity index (χ3v) is 4.54. The molecule has 0 fully saturated rings. The number of hydrogen-bond acceptors (Lipinski definition) is 3. The normalized spacial score (nSPS) is 20.1. The van der Waals surface area contributed by atoms with Gasteiger partial charge in [-0.1, -0.05) is 54.6 Å². The lowest BCUT2D eigenvalue weighted by Crippen LogP contribution is -2.39. The van der Waals surface area contributed by atoms with E-state index in [4.69, 9.17) is 4.74 Å². The number of fused-ring (bicyclic) bond motifs is 1. The Morgan fingerprint density at radius 3 is 2.54 bits per heavy atom. The number of nitrogens with zero attached hydrogens (tertiary/aromatic N) is 1. The molecule has 1 aliphatic rings. The molecule has 0 N–H and O–H groups in total. The molecule has 0 unspecified atom stereocenters. The minimum Gasteiger partial charge on any atom is -0.453 e. The summed E-state index contributed by atoms with van der Waals surface area (Å²) in [6.07, 6.45) is 5.09. The van der Waals surface area contributed by atoms with E-state index in [1.54, 1.807) is 6.08 Å². The molecule has 3 rings (SSSR count). The Balaban J connectivity index is 1.78. The van der Waals surface area contributed by atoms with Crippen LogP contribution in [0.25, 0.3) is 6.08 Å². The monoisotopic (exact) mass is 321 g/mol. The van der Waals surface area contributed by atoms with Crippen LogP contribution in [0.3, 0.4) is 0 Å². The SMILES string of the molecule is CN(C)[C@@H]1CCc2ccccc2[C@@H]1OC(=O)C=Cc1ccccc1. The van der Waals surface area contributed by atoms with Gasteiger partial charge in [-0.2, -0.15) is 0 Å². The second-order valence-electron chi connectivity index (χ2n) is 6.37. The molecule has 1 aliphatic carbocycles. The predicted molar refractivity (Wildman–Crippen MR) is 96.5 cm³/mol. The highest BCUT2D eigenvalue weighted by molar-refractivity contribution is 5.87. The summed E-state index contributed by atoms with van der Waals surface area (Å²) in [5.74, 6) is -0.299. The standard InChI is InChI=1S/C21H23NO2/c1-22(2)19-14-13-17-10-6-7-11-18(17)21(19)24-20(23)15-12-16-8-4-3-5-9-16/h3-12,15,19,21H,13-14H2,1-2H3/t19-,21+/m1/s1. The summed E-state index contributed by atoms with van der Waals surface area (Å²) in [6.45, 7) is 0. The number of ether oxygens (including phenoxy) is 1. The molecular weight excluding hydrogens is 298 g/mol. The van der Waals surface area contributed by atoms with Gasteiger partial charge in [0.2, 0.25) is 0 Å². The fourth-order valence-electron chi connectivity index (χ4n) is 3.27. The van der Waals surface area contributed by atoms with Crippen LogP contribution in [0.2, 0.25) is 0 Å². The fourth-order valence-corrected chi connectivity index (χ4v) is 3.27. The van der Waals surface area contributed by atoms with Crippen molar-refractivity contribution in [1.82, 2.24) is 4.90 Å². The van der Waals surface area contributed by atoms with E-state index in [-0.39, 0.29) is 18.1 Å². The molecule has 2 aromatic carbocycles. The van der Waals surface area contributed by atoms with Gasteiger partial charge < -0.3 is 9.64 Å². The molecule has 124 valence electrons. The van der Waals surface area contributed by atoms with Crippen molar-refractivity contribution in [3.05, 3.63) is 77.4 Å². The topological polar surface area (TPSA) is 29.5 Å². The average Bonchev–Trinajstić information content (AvgIpc) is 2.61. The van der Waals surface area contributed by atoms with Crippen LogP contribution in [0.4, 0.5) is 0 Å². The van der Waals surface area contributed by atoms with Gasteiger partial charge in [0.15, 0.2) is 0 Å². The maximum absolute atomic E-state index is 12.3. The Morgan fingerprint density at radius 2 is 1.79 bits per heavy atom. The first-order valence-electron chi connectivity index (χ1n) is 8.33. The zero-order valence-corrected chi connectivity index (χ0v) is 14.2. The van der Waals surface area contributed by atoms with Gasteiger partial charge in [0.25, 0.3) is 0 Å². The Kier molecular flexibility index (Phi) is 5.11. The van der Waals surface area contributed by atoms with E-state index >= 15 is 0 Å². The van der Waals surface area contributed by atoms with Gasteiger partial charge in [0.1, 0.15) is 6.10 Å². The number of rotatable bonds is 4. The first-order chi connectivity index (χ1) is 11.6. The summed E-state index contributed by atoms with van der Waals surface area (Å²) in [4.78, 5) is 14.5. The lowest BCUT2D eigenvalue weighted by atomic mass is 9.85. The molecule has 0 heterocycles. The number of likely N-dealkylation sites (N-methyl/N-ethyl adjacent to an activating group) is 1. The molecule has 0 bridgehead atoms. The molecule has 2 atom stereocenters. The zero-order valence-electron chi connectivity index (χ0n) is 14.2. The van der Waals surface area contributed by atoms with Crippen LogP contribution in [0.1, 0.15) is 29.2 Å². The molecule has 3 nitrogen and oxygen atoms in total. The molecule has 0 saturated carbocycles. The van der Waals surface area contributed by atoms with Gasteiger partial charge in [-0.25, -0.2) is 4.79 Å². The molecule has 0 aliphatic heterocycles. The molecule has 0 radical (unpaired) electrons. The fraction of sp³-hybridized carbons (Fsp3) is 0.286. The second-order valence-corrected chi connectivity index (χ2v) is 6.37. The van der Waals surface area contributed by atoms with Crippen LogP contribution in [-0.2, 0) is 16.0 Å². The number of aryl methyl sites for hydroxylation is 1. The average molecular weight is 321 g/mol. The first kappa shape index (κ1) is 16.5. The summed E-state index contributed by atoms with van der Waals surface area (Å²) < 4.78 is 5.85. The van der Waals surface area contributed by atoms with Crippen LogP contribution in [0.15, 0.2) is 60.7 Å². The molecule has 0 saturated heterocycles. The molecule has 3 heteroatoms. The lowest BCUT2D eigenvalue weighted by molar-refractivity contribution is -0.147. The Bertz CT molecular complexity index is 722. The minimum atomic E-state index is -0.299. The number of benzene rings is 2. The Labute approximate surface area is 143 Å². The molecule has 0 amide bonds. The van der Waals surface area contributed by atoms with Crippen molar-refractivity contribution in [3.8, 4) is 0 Å². The summed E-state index contributed by atoms with van der Waals surface area (Å²) in [5.41, 5.74) is 3.40. The Morgan fingerprint density at radius 1 is 1.08 bits per heavy atom. The van der Waals surface area contributed by atoms with Crippen LogP contribution >= 0.6 is 0 Å². The van der Waals surface area contributed by atoms with E-state index in [0.717, 1.165) is 24.0 Å². The number of hydrogen-bond donors (Lipinski definition) is 0. The van der Waals surface area contributed by atoms with Crippen LogP contribution in [0, 0.1) is 0 Å². The second kappa shape index (κ2) is 7.45. The van der Waals surface area contributed by atoms with Crippen LogP contribution in [0.5, 0.6) is 0 Å². The molecule has 0 spiro atoms. The van der Waals surface area contributed by atoms with Crippen molar-refractivity contribution in [2.45, 2.75) is 25.0 Å². The summed E-state index contributed by atoms with van der Waals surface area (Å²) in [6, 6.07) is 18.2. The van der Waals surface area contributed by atoms with E-state index in [1.807, 2.05) is 56.6 Å². The summed E-state index contributed by atoms with van der Waals surface area (Å²) in [7, 11) is 4.08. The van der Waals surface area contributed by atoms with Gasteiger partial charge >= 0.3 is 5.97 Å². The number of carbonyl (C=O) groups excluding carboxylic acids is 1. The zero-order chi connectivity index (χ0) is 16.9. The van der Waals surface area contributed by atoms with Crippen molar-refractivity contribution in [3.63, 3.8) is 0 Å². The smallest absolute Gasteiger partial charge is 0.331 e. The predicted octanol–water partition coefficient (Wildman–Crippen LogP) is 3.86. The maximum atomic E-state index is 12.3. The highest BCUT2D eigenvalue weighted by Gasteiger charge is 2.33. The van der Waals surface area contributed by atoms with Gasteiger partial charge in [0.05, 0.1) is 6.04 Å². The molecule has 24 heavy (non-hydrogen) atoms. The van der Waals surface area contributed by atoms with Gasteiger partial charge in [-0.3, -0.25) is 0 Å². The maximum Gasteiger partial charge on any atom is 0.331 e. The molecular formula is C21H23NO2. The largest absolute Gasteiger partial charge is 0.453 e. The third-order valence-electron chi connectivity index (χ3n) is 4.54. The number of carbonyl (C=O) groups is 1. The van der Waals surface area contributed by atoms with Crippen molar-refractivity contribution >= 4 is 12.0 Å². The van der Waals surface area contributed by atoms with E-state index in [2.05, 4.69) is 17.0 Å². The summed E-state index contributed by atoms with van der Waals surface area (Å²) in [5, 5.41) is 0. The van der Waals surface area contributed by atoms with E-state index < -0.39 is 0 Å². The highest BCUT2D eigenvalue weighted by atomic mass is 16.5. The van der Waals surface area contributed by atoms with Crippen molar-refractivity contribution < 1.29 is 9.53 Å². The van der Waals surface area contributed by atoms with Crippen molar-refractivity contribution in [1.29, 1.82) is 0 Å². The molecule has 0 aromatic heterocycles. The molecule has 2 aromatic rings. The minimum absolute atomic E-state index is 0.203. The van der Waals surface area contributed by atoms with Gasteiger partial charge in [0, 0.05) is 6.08 Å². The van der Waals surface area contributed by atoms with E-state index in [9.17, 15) is 4.79 Å². The third kappa shape index (κ3) is 3.74. The number of esters is 1.